The van der Waals surface area contributed by atoms with Crippen LogP contribution in [0.3, 0.4) is 0 Å². The lowest BCUT2D eigenvalue weighted by Crippen LogP contribution is -2.39. The minimum atomic E-state index is -0.661. The molecule has 1 rings (SSSR count). The minimum absolute atomic E-state index is 0.00296. The Morgan fingerprint density at radius 2 is 1.58 bits per heavy atom. The third kappa shape index (κ3) is 1.95. The molecule has 0 bridgehead atoms. The first-order valence-corrected chi connectivity index (χ1v) is 4.30. The summed E-state index contributed by atoms with van der Waals surface area (Å²) < 4.78 is 0. The van der Waals surface area contributed by atoms with Gasteiger partial charge in [0.05, 0.1) is 18.3 Å². The van der Waals surface area contributed by atoms with Gasteiger partial charge >= 0.3 is 0 Å². The van der Waals surface area contributed by atoms with Crippen LogP contribution in [0.2, 0.25) is 0 Å². The van der Waals surface area contributed by atoms with Gasteiger partial charge in [-0.05, 0) is 13.8 Å². The lowest BCUT2D eigenvalue weighted by Gasteiger charge is -2.25. The fraction of sp³-hybridized carbons (Fsp3) is 1.00. The highest BCUT2D eigenvalue weighted by molar-refractivity contribution is 4.87. The Morgan fingerprint density at radius 3 is 1.92 bits per heavy atom. The first kappa shape index (κ1) is 9.92. The molecule has 4 atom stereocenters. The summed E-state index contributed by atoms with van der Waals surface area (Å²) in [5, 5.41) is 27.7. The molecule has 0 radical (unpaired) electrons. The number of rotatable bonds is 2. The number of hydrogen-bond acceptors (Lipinski definition) is 4. The summed E-state index contributed by atoms with van der Waals surface area (Å²) in [6.07, 6.45) is -1.75. The van der Waals surface area contributed by atoms with Gasteiger partial charge in [0.1, 0.15) is 0 Å². The van der Waals surface area contributed by atoms with E-state index < -0.39 is 18.3 Å². The van der Waals surface area contributed by atoms with Crippen LogP contribution in [0.4, 0.5) is 0 Å². The van der Waals surface area contributed by atoms with E-state index in [1.807, 2.05) is 11.8 Å². The molecule has 12 heavy (non-hydrogen) atoms. The van der Waals surface area contributed by atoms with Crippen molar-refractivity contribution in [3.63, 3.8) is 0 Å². The van der Waals surface area contributed by atoms with E-state index in [0.717, 1.165) is 0 Å². The van der Waals surface area contributed by atoms with Gasteiger partial charge in [-0.1, -0.05) is 0 Å². The van der Waals surface area contributed by atoms with Crippen molar-refractivity contribution < 1.29 is 15.3 Å². The SMILES string of the molecule is CC(O)C(C)N1C[C@@H](O)[C@@H](O)C1. The van der Waals surface area contributed by atoms with E-state index in [-0.39, 0.29) is 6.04 Å². The summed E-state index contributed by atoms with van der Waals surface area (Å²) in [7, 11) is 0. The number of likely N-dealkylation sites (tertiary alicyclic amines) is 1. The summed E-state index contributed by atoms with van der Waals surface area (Å²) in [6, 6.07) is -0.00296. The fourth-order valence-electron chi connectivity index (χ4n) is 1.44. The van der Waals surface area contributed by atoms with Gasteiger partial charge in [-0.2, -0.15) is 0 Å². The Balaban J connectivity index is 2.45. The number of aliphatic hydroxyl groups is 3. The molecular formula is C8H17NO3. The summed E-state index contributed by atoms with van der Waals surface area (Å²) >= 11 is 0. The lowest BCUT2D eigenvalue weighted by atomic mass is 10.2. The Kier molecular flexibility index (Phi) is 3.06. The molecule has 1 heterocycles. The van der Waals surface area contributed by atoms with Crippen LogP contribution in [0.5, 0.6) is 0 Å². The molecule has 0 spiro atoms. The van der Waals surface area contributed by atoms with E-state index in [4.69, 9.17) is 0 Å². The molecule has 4 nitrogen and oxygen atoms in total. The molecule has 0 saturated carbocycles. The Morgan fingerprint density at radius 1 is 1.17 bits per heavy atom. The molecule has 1 aliphatic rings. The second kappa shape index (κ2) is 3.70. The number of aliphatic hydroxyl groups excluding tert-OH is 3. The highest BCUT2D eigenvalue weighted by Gasteiger charge is 2.33. The van der Waals surface area contributed by atoms with Gasteiger partial charge in [0.15, 0.2) is 0 Å². The highest BCUT2D eigenvalue weighted by Crippen LogP contribution is 2.14. The third-order valence-corrected chi connectivity index (χ3v) is 2.56. The van der Waals surface area contributed by atoms with Crippen molar-refractivity contribution in [2.45, 2.75) is 38.2 Å². The Hall–Kier alpha value is -0.160. The maximum atomic E-state index is 9.25. The molecule has 0 aromatic rings. The van der Waals surface area contributed by atoms with Crippen LogP contribution in [0, 0.1) is 0 Å². The molecule has 1 aliphatic heterocycles. The van der Waals surface area contributed by atoms with Crippen molar-refractivity contribution >= 4 is 0 Å². The van der Waals surface area contributed by atoms with Crippen LogP contribution in [0.15, 0.2) is 0 Å². The van der Waals surface area contributed by atoms with Crippen molar-refractivity contribution in [3.8, 4) is 0 Å². The molecule has 3 N–H and O–H groups in total. The standard InChI is InChI=1S/C8H17NO3/c1-5(6(2)10)9-3-7(11)8(12)4-9/h5-8,10-12H,3-4H2,1-2H3/t5?,6?,7-,8+. The van der Waals surface area contributed by atoms with Gasteiger partial charge in [-0.3, -0.25) is 4.90 Å². The van der Waals surface area contributed by atoms with Crippen LogP contribution in [-0.2, 0) is 0 Å². The predicted molar refractivity (Wildman–Crippen MR) is 44.7 cm³/mol. The summed E-state index contributed by atoms with van der Waals surface area (Å²) in [5.74, 6) is 0. The average molecular weight is 175 g/mol. The number of β-amino-alcohol motifs (C(OH)–C–C–N with tert-alkyl or cyclic N) is 2. The molecule has 4 heteroatoms. The van der Waals surface area contributed by atoms with E-state index >= 15 is 0 Å². The zero-order valence-corrected chi connectivity index (χ0v) is 7.51. The fourth-order valence-corrected chi connectivity index (χ4v) is 1.44. The van der Waals surface area contributed by atoms with E-state index in [2.05, 4.69) is 0 Å². The highest BCUT2D eigenvalue weighted by atomic mass is 16.3. The van der Waals surface area contributed by atoms with Crippen LogP contribution in [0.1, 0.15) is 13.8 Å². The van der Waals surface area contributed by atoms with Crippen molar-refractivity contribution in [2.75, 3.05) is 13.1 Å². The quantitative estimate of drug-likeness (QED) is 0.493. The van der Waals surface area contributed by atoms with Crippen LogP contribution < -0.4 is 0 Å². The van der Waals surface area contributed by atoms with Gasteiger partial charge in [-0.15, -0.1) is 0 Å². The van der Waals surface area contributed by atoms with Gasteiger partial charge in [-0.25, -0.2) is 0 Å². The molecular weight excluding hydrogens is 158 g/mol. The maximum Gasteiger partial charge on any atom is 0.0938 e. The van der Waals surface area contributed by atoms with Crippen molar-refractivity contribution in [1.29, 1.82) is 0 Å². The van der Waals surface area contributed by atoms with E-state index in [1.165, 1.54) is 0 Å². The summed E-state index contributed by atoms with van der Waals surface area (Å²) in [5.41, 5.74) is 0. The van der Waals surface area contributed by atoms with Crippen LogP contribution in [0.25, 0.3) is 0 Å². The van der Waals surface area contributed by atoms with Crippen LogP contribution >= 0.6 is 0 Å². The molecule has 0 aromatic carbocycles. The molecule has 2 unspecified atom stereocenters. The summed E-state index contributed by atoms with van der Waals surface area (Å²) in [4.78, 5) is 1.89. The molecule has 72 valence electrons. The normalized spacial score (nSPS) is 36.8. The van der Waals surface area contributed by atoms with E-state index in [0.29, 0.717) is 13.1 Å². The van der Waals surface area contributed by atoms with Gasteiger partial charge in [0.25, 0.3) is 0 Å². The van der Waals surface area contributed by atoms with Crippen molar-refractivity contribution in [1.82, 2.24) is 4.90 Å². The Labute approximate surface area is 72.4 Å². The minimum Gasteiger partial charge on any atom is -0.392 e. The van der Waals surface area contributed by atoms with Gasteiger partial charge in [0.2, 0.25) is 0 Å². The molecule has 0 aromatic heterocycles. The second-order valence-electron chi connectivity index (χ2n) is 3.57. The summed E-state index contributed by atoms with van der Waals surface area (Å²) in [6.45, 7) is 4.50. The number of hydrogen-bond donors (Lipinski definition) is 3. The first-order valence-electron chi connectivity index (χ1n) is 4.30. The molecule has 1 saturated heterocycles. The molecule has 1 fully saturated rings. The second-order valence-corrected chi connectivity index (χ2v) is 3.57. The smallest absolute Gasteiger partial charge is 0.0938 e. The largest absolute Gasteiger partial charge is 0.392 e. The third-order valence-electron chi connectivity index (χ3n) is 2.56. The zero-order valence-electron chi connectivity index (χ0n) is 7.51. The number of nitrogens with zero attached hydrogens (tertiary/aromatic N) is 1. The zero-order chi connectivity index (χ0) is 9.30. The average Bonchev–Trinajstić information content (AvgIpc) is 2.30. The van der Waals surface area contributed by atoms with Crippen molar-refractivity contribution in [2.24, 2.45) is 0 Å². The van der Waals surface area contributed by atoms with Crippen molar-refractivity contribution in [3.05, 3.63) is 0 Å². The monoisotopic (exact) mass is 175 g/mol. The van der Waals surface area contributed by atoms with E-state index in [9.17, 15) is 15.3 Å². The lowest BCUT2D eigenvalue weighted by molar-refractivity contribution is 0.0572. The Bertz CT molecular complexity index is 141. The maximum absolute atomic E-state index is 9.25. The molecule has 0 aliphatic carbocycles. The first-order chi connectivity index (χ1) is 5.52. The van der Waals surface area contributed by atoms with Gasteiger partial charge < -0.3 is 15.3 Å². The topological polar surface area (TPSA) is 63.9 Å². The van der Waals surface area contributed by atoms with Crippen LogP contribution in [-0.4, -0.2) is 57.7 Å². The molecule has 0 amide bonds. The van der Waals surface area contributed by atoms with E-state index in [1.54, 1.807) is 6.92 Å². The van der Waals surface area contributed by atoms with Gasteiger partial charge in [0, 0.05) is 19.1 Å². The predicted octanol–water partition coefficient (Wildman–Crippen LogP) is -1.21.